The van der Waals surface area contributed by atoms with E-state index >= 15 is 0 Å². The van der Waals surface area contributed by atoms with E-state index in [1.165, 1.54) is 23.9 Å². The maximum Gasteiger partial charge on any atom is 0.230 e. The first-order valence-corrected chi connectivity index (χ1v) is 8.45. The molecule has 1 aromatic carbocycles. The fourth-order valence-electron chi connectivity index (χ4n) is 2.15. The molecule has 2 rings (SSSR count). The number of hydrogen-bond acceptors (Lipinski definition) is 4. The molecule has 24 heavy (non-hydrogen) atoms. The molecule has 0 fully saturated rings. The van der Waals surface area contributed by atoms with Gasteiger partial charge in [-0.05, 0) is 39.3 Å². The first-order valence-electron chi connectivity index (χ1n) is 7.47. The quantitative estimate of drug-likeness (QED) is 0.660. The van der Waals surface area contributed by atoms with Gasteiger partial charge < -0.3 is 5.32 Å². The third-order valence-electron chi connectivity index (χ3n) is 3.75. The van der Waals surface area contributed by atoms with Gasteiger partial charge >= 0.3 is 0 Å². The summed E-state index contributed by atoms with van der Waals surface area (Å²) < 4.78 is 26.6. The fraction of sp³-hybridized carbons (Fsp3) is 0.353. The average molecular weight is 351 g/mol. The SMILES string of the molecule is Cc1nc(SCC(=O)N[C@H](C)c2ccc(F)cc2F)nc(C)c1C. The smallest absolute Gasteiger partial charge is 0.230 e. The van der Waals surface area contributed by atoms with Crippen molar-refractivity contribution >= 4 is 17.7 Å². The second-order valence-electron chi connectivity index (χ2n) is 5.55. The summed E-state index contributed by atoms with van der Waals surface area (Å²) in [6.45, 7) is 7.39. The molecule has 0 bridgehead atoms. The zero-order valence-corrected chi connectivity index (χ0v) is 14.8. The molecular weight excluding hydrogens is 332 g/mol. The summed E-state index contributed by atoms with van der Waals surface area (Å²) in [6, 6.07) is 2.75. The lowest BCUT2D eigenvalue weighted by Gasteiger charge is -2.15. The molecule has 128 valence electrons. The number of nitrogens with zero attached hydrogens (tertiary/aromatic N) is 2. The highest BCUT2D eigenvalue weighted by molar-refractivity contribution is 7.99. The number of benzene rings is 1. The lowest BCUT2D eigenvalue weighted by molar-refractivity contribution is -0.119. The maximum atomic E-state index is 13.7. The standard InChI is InChI=1S/C17H19F2N3OS/c1-9-10(2)21-17(22-11(9)3)24-8-16(23)20-12(4)14-6-5-13(18)7-15(14)19/h5-7,12H,8H2,1-4H3,(H,20,23)/t12-/m1/s1. The van der Waals surface area contributed by atoms with E-state index in [9.17, 15) is 13.6 Å². The molecule has 1 atom stereocenters. The maximum absolute atomic E-state index is 13.7. The normalized spacial score (nSPS) is 12.1. The highest BCUT2D eigenvalue weighted by Crippen LogP contribution is 2.19. The number of halogens is 2. The second kappa shape index (κ2) is 7.70. The van der Waals surface area contributed by atoms with Gasteiger partial charge in [0.25, 0.3) is 0 Å². The Labute approximate surface area is 144 Å². The van der Waals surface area contributed by atoms with Crippen molar-refractivity contribution in [1.82, 2.24) is 15.3 Å². The number of aryl methyl sites for hydroxylation is 2. The van der Waals surface area contributed by atoms with E-state index in [0.717, 1.165) is 23.0 Å². The number of nitrogens with one attached hydrogen (secondary N) is 1. The molecule has 1 N–H and O–H groups in total. The molecule has 0 aliphatic carbocycles. The monoisotopic (exact) mass is 351 g/mol. The van der Waals surface area contributed by atoms with Crippen LogP contribution in [0.5, 0.6) is 0 Å². The van der Waals surface area contributed by atoms with Crippen molar-refractivity contribution in [2.75, 3.05) is 5.75 Å². The predicted molar refractivity (Wildman–Crippen MR) is 89.9 cm³/mol. The molecule has 4 nitrogen and oxygen atoms in total. The van der Waals surface area contributed by atoms with Gasteiger partial charge in [0.1, 0.15) is 11.6 Å². The summed E-state index contributed by atoms with van der Waals surface area (Å²) >= 11 is 1.22. The molecule has 0 aliphatic heterocycles. The van der Waals surface area contributed by atoms with E-state index in [1.807, 2.05) is 20.8 Å². The lowest BCUT2D eigenvalue weighted by Crippen LogP contribution is -2.28. The van der Waals surface area contributed by atoms with Gasteiger partial charge in [0.05, 0.1) is 11.8 Å². The molecule has 0 spiro atoms. The van der Waals surface area contributed by atoms with E-state index in [-0.39, 0.29) is 17.2 Å². The Morgan fingerprint density at radius 2 is 1.83 bits per heavy atom. The molecule has 0 unspecified atom stereocenters. The van der Waals surface area contributed by atoms with Crippen LogP contribution in [-0.4, -0.2) is 21.6 Å². The van der Waals surface area contributed by atoms with Crippen LogP contribution in [0.3, 0.4) is 0 Å². The van der Waals surface area contributed by atoms with E-state index in [1.54, 1.807) is 6.92 Å². The van der Waals surface area contributed by atoms with E-state index < -0.39 is 17.7 Å². The summed E-state index contributed by atoms with van der Waals surface area (Å²) in [4.78, 5) is 20.7. The largest absolute Gasteiger partial charge is 0.349 e. The van der Waals surface area contributed by atoms with Crippen LogP contribution in [0.2, 0.25) is 0 Å². The Morgan fingerprint density at radius 1 is 1.21 bits per heavy atom. The van der Waals surface area contributed by atoms with Crippen molar-refractivity contribution in [3.8, 4) is 0 Å². The van der Waals surface area contributed by atoms with Gasteiger partial charge in [-0.25, -0.2) is 18.7 Å². The first kappa shape index (κ1) is 18.3. The van der Waals surface area contributed by atoms with Crippen molar-refractivity contribution in [1.29, 1.82) is 0 Å². The molecular formula is C17H19F2N3OS. The Hall–Kier alpha value is -2.02. The summed E-state index contributed by atoms with van der Waals surface area (Å²) in [5.41, 5.74) is 3.04. The second-order valence-corrected chi connectivity index (χ2v) is 6.49. The summed E-state index contributed by atoms with van der Waals surface area (Å²) in [5, 5.41) is 3.22. The molecule has 7 heteroatoms. The Bertz CT molecular complexity index is 744. The highest BCUT2D eigenvalue weighted by atomic mass is 32.2. The molecule has 0 saturated heterocycles. The number of carbonyl (C=O) groups is 1. The van der Waals surface area contributed by atoms with Crippen LogP contribution in [0.25, 0.3) is 0 Å². The molecule has 1 heterocycles. The van der Waals surface area contributed by atoms with Gasteiger partial charge in [0.15, 0.2) is 5.16 Å². The van der Waals surface area contributed by atoms with Gasteiger partial charge in [-0.1, -0.05) is 17.8 Å². The van der Waals surface area contributed by atoms with Crippen molar-refractivity contribution in [3.05, 3.63) is 52.3 Å². The minimum atomic E-state index is -0.677. The molecule has 2 aromatic rings. The number of aromatic nitrogens is 2. The van der Waals surface area contributed by atoms with E-state index in [2.05, 4.69) is 15.3 Å². The highest BCUT2D eigenvalue weighted by Gasteiger charge is 2.15. The third kappa shape index (κ3) is 4.50. The number of rotatable bonds is 5. The molecule has 0 radical (unpaired) electrons. The van der Waals surface area contributed by atoms with Crippen LogP contribution in [-0.2, 0) is 4.79 Å². The van der Waals surface area contributed by atoms with Crippen LogP contribution < -0.4 is 5.32 Å². The summed E-state index contributed by atoms with van der Waals surface area (Å²) in [6.07, 6.45) is 0. The van der Waals surface area contributed by atoms with Crippen molar-refractivity contribution in [3.63, 3.8) is 0 Å². The van der Waals surface area contributed by atoms with Crippen molar-refractivity contribution in [2.24, 2.45) is 0 Å². The van der Waals surface area contributed by atoms with Gasteiger partial charge in [-0.15, -0.1) is 0 Å². The Morgan fingerprint density at radius 3 is 2.42 bits per heavy atom. The zero-order valence-electron chi connectivity index (χ0n) is 14.0. The van der Waals surface area contributed by atoms with Crippen LogP contribution in [0.1, 0.15) is 35.5 Å². The Balaban J connectivity index is 1.96. The van der Waals surface area contributed by atoms with Crippen LogP contribution in [0.15, 0.2) is 23.4 Å². The van der Waals surface area contributed by atoms with Crippen LogP contribution in [0, 0.1) is 32.4 Å². The number of thioether (sulfide) groups is 1. The molecule has 0 saturated carbocycles. The molecule has 0 aliphatic rings. The van der Waals surface area contributed by atoms with Gasteiger partial charge in [0.2, 0.25) is 5.91 Å². The average Bonchev–Trinajstić information content (AvgIpc) is 2.50. The van der Waals surface area contributed by atoms with Gasteiger partial charge in [-0.3, -0.25) is 4.79 Å². The van der Waals surface area contributed by atoms with Gasteiger partial charge in [0, 0.05) is 23.0 Å². The zero-order chi connectivity index (χ0) is 17.9. The first-order chi connectivity index (χ1) is 11.3. The molecule has 1 aromatic heterocycles. The Kier molecular flexibility index (Phi) is 5.88. The third-order valence-corrected chi connectivity index (χ3v) is 4.60. The number of hydrogen-bond donors (Lipinski definition) is 1. The van der Waals surface area contributed by atoms with Gasteiger partial charge in [-0.2, -0.15) is 0 Å². The summed E-state index contributed by atoms with van der Waals surface area (Å²) in [5.74, 6) is -1.47. The minimum absolute atomic E-state index is 0.120. The lowest BCUT2D eigenvalue weighted by atomic mass is 10.1. The fourth-order valence-corrected chi connectivity index (χ4v) is 2.90. The van der Waals surface area contributed by atoms with Crippen LogP contribution >= 0.6 is 11.8 Å². The summed E-state index contributed by atoms with van der Waals surface area (Å²) in [7, 11) is 0. The predicted octanol–water partition coefficient (Wildman–Crippen LogP) is 3.65. The van der Waals surface area contributed by atoms with Crippen molar-refractivity contribution in [2.45, 2.75) is 38.9 Å². The van der Waals surface area contributed by atoms with Crippen LogP contribution in [0.4, 0.5) is 8.78 Å². The number of carbonyl (C=O) groups excluding carboxylic acids is 1. The van der Waals surface area contributed by atoms with Crippen molar-refractivity contribution < 1.29 is 13.6 Å². The van der Waals surface area contributed by atoms with E-state index in [4.69, 9.17) is 0 Å². The minimum Gasteiger partial charge on any atom is -0.349 e. The topological polar surface area (TPSA) is 54.9 Å². The van der Waals surface area contributed by atoms with E-state index in [0.29, 0.717) is 5.16 Å². The molecule has 1 amide bonds. The number of amides is 1.